The van der Waals surface area contributed by atoms with Crippen LogP contribution in [0.5, 0.6) is 11.5 Å². The molecule has 2 aromatic carbocycles. The third kappa shape index (κ3) is 4.64. The number of nitrogens with zero attached hydrogens (tertiary/aromatic N) is 1. The number of aromatic carboxylic acids is 1. The maximum atomic E-state index is 13.2. The van der Waals surface area contributed by atoms with Crippen LogP contribution in [0.25, 0.3) is 0 Å². The SMILES string of the molecule is COc1cc(CC(C)C[N+](=O)[O-])c(C(=O)c2ccccc2C(=O)O)cc1OC. The van der Waals surface area contributed by atoms with Gasteiger partial charge in [-0.15, -0.1) is 0 Å². The first-order chi connectivity index (χ1) is 13.3. The molecule has 0 amide bonds. The average Bonchev–Trinajstić information content (AvgIpc) is 2.66. The van der Waals surface area contributed by atoms with Crippen LogP contribution in [-0.2, 0) is 6.42 Å². The van der Waals surface area contributed by atoms with Gasteiger partial charge in [0.25, 0.3) is 0 Å². The molecule has 0 bridgehead atoms. The number of ether oxygens (including phenoxy) is 2. The molecule has 0 aromatic heterocycles. The Kier molecular flexibility index (Phi) is 6.70. The smallest absolute Gasteiger partial charge is 0.336 e. The van der Waals surface area contributed by atoms with Crippen molar-refractivity contribution in [2.45, 2.75) is 13.3 Å². The van der Waals surface area contributed by atoms with E-state index >= 15 is 0 Å². The Balaban J connectivity index is 2.59. The van der Waals surface area contributed by atoms with Gasteiger partial charge in [-0.25, -0.2) is 4.79 Å². The summed E-state index contributed by atoms with van der Waals surface area (Å²) >= 11 is 0. The summed E-state index contributed by atoms with van der Waals surface area (Å²) in [7, 11) is 2.87. The van der Waals surface area contributed by atoms with Crippen molar-refractivity contribution in [3.63, 3.8) is 0 Å². The second-order valence-corrected chi connectivity index (χ2v) is 6.37. The van der Waals surface area contributed by atoms with Gasteiger partial charge in [-0.2, -0.15) is 0 Å². The lowest BCUT2D eigenvalue weighted by atomic mass is 9.90. The molecule has 148 valence electrons. The highest BCUT2D eigenvalue weighted by Crippen LogP contribution is 2.33. The standard InChI is InChI=1S/C20H21NO7/c1-12(11-21(25)26)8-13-9-17(27-2)18(28-3)10-16(13)19(22)14-6-4-5-7-15(14)20(23)24/h4-7,9-10,12H,8,11H2,1-3H3,(H,23,24). The molecule has 1 atom stereocenters. The minimum Gasteiger partial charge on any atom is -0.493 e. The summed E-state index contributed by atoms with van der Waals surface area (Å²) in [5.74, 6) is -1.36. The summed E-state index contributed by atoms with van der Waals surface area (Å²) in [6, 6.07) is 8.99. The highest BCUT2D eigenvalue weighted by molar-refractivity contribution is 6.15. The average molecular weight is 387 g/mol. The van der Waals surface area contributed by atoms with Crippen molar-refractivity contribution < 1.29 is 29.1 Å². The first-order valence-corrected chi connectivity index (χ1v) is 8.52. The number of carbonyl (C=O) groups excluding carboxylic acids is 1. The maximum Gasteiger partial charge on any atom is 0.336 e. The van der Waals surface area contributed by atoms with Gasteiger partial charge in [0.1, 0.15) is 0 Å². The van der Waals surface area contributed by atoms with Crippen LogP contribution in [0.15, 0.2) is 36.4 Å². The molecule has 0 aliphatic carbocycles. The molecule has 0 aliphatic heterocycles. The zero-order chi connectivity index (χ0) is 20.8. The molecule has 0 saturated heterocycles. The molecule has 1 N–H and O–H groups in total. The minimum atomic E-state index is -1.22. The molecule has 1 unspecified atom stereocenters. The topological polar surface area (TPSA) is 116 Å². The summed E-state index contributed by atoms with van der Waals surface area (Å²) in [6.07, 6.45) is 0.248. The van der Waals surface area contributed by atoms with E-state index < -0.39 is 16.7 Å². The number of rotatable bonds is 9. The van der Waals surface area contributed by atoms with Crippen LogP contribution in [0, 0.1) is 16.0 Å². The van der Waals surface area contributed by atoms with E-state index in [2.05, 4.69) is 0 Å². The largest absolute Gasteiger partial charge is 0.493 e. The second kappa shape index (κ2) is 8.98. The van der Waals surface area contributed by atoms with E-state index in [1.165, 1.54) is 38.5 Å². The van der Waals surface area contributed by atoms with Gasteiger partial charge < -0.3 is 14.6 Å². The number of ketones is 1. The molecule has 8 nitrogen and oxygen atoms in total. The number of methoxy groups -OCH3 is 2. The molecule has 0 aliphatic rings. The van der Waals surface area contributed by atoms with Gasteiger partial charge in [0, 0.05) is 22.0 Å². The third-order valence-corrected chi connectivity index (χ3v) is 4.29. The van der Waals surface area contributed by atoms with Crippen molar-refractivity contribution in [2.75, 3.05) is 20.8 Å². The number of carbonyl (C=O) groups is 2. The van der Waals surface area contributed by atoms with Gasteiger partial charge in [0.15, 0.2) is 17.3 Å². The van der Waals surface area contributed by atoms with Crippen molar-refractivity contribution in [3.05, 3.63) is 68.8 Å². The van der Waals surface area contributed by atoms with E-state index in [4.69, 9.17) is 9.47 Å². The number of nitro groups is 1. The monoisotopic (exact) mass is 387 g/mol. The quantitative estimate of drug-likeness (QED) is 0.399. The Morgan fingerprint density at radius 2 is 1.64 bits per heavy atom. The van der Waals surface area contributed by atoms with E-state index in [0.29, 0.717) is 17.1 Å². The zero-order valence-electron chi connectivity index (χ0n) is 15.8. The molecule has 0 spiro atoms. The molecular weight excluding hydrogens is 366 g/mol. The fourth-order valence-corrected chi connectivity index (χ4v) is 3.01. The lowest BCUT2D eigenvalue weighted by molar-refractivity contribution is -0.487. The summed E-state index contributed by atoms with van der Waals surface area (Å²) in [4.78, 5) is 35.1. The zero-order valence-corrected chi connectivity index (χ0v) is 15.8. The molecule has 8 heteroatoms. The van der Waals surface area contributed by atoms with Gasteiger partial charge in [-0.3, -0.25) is 14.9 Å². The fourth-order valence-electron chi connectivity index (χ4n) is 3.01. The van der Waals surface area contributed by atoms with Crippen molar-refractivity contribution in [1.29, 1.82) is 0 Å². The van der Waals surface area contributed by atoms with Crippen molar-refractivity contribution >= 4 is 11.8 Å². The van der Waals surface area contributed by atoms with E-state index in [0.717, 1.165) is 0 Å². The molecule has 0 saturated carbocycles. The van der Waals surface area contributed by atoms with E-state index in [1.807, 2.05) is 0 Å². The molecular formula is C20H21NO7. The van der Waals surface area contributed by atoms with E-state index in [1.54, 1.807) is 19.1 Å². The lowest BCUT2D eigenvalue weighted by Crippen LogP contribution is -2.17. The number of hydrogen-bond acceptors (Lipinski definition) is 6. The van der Waals surface area contributed by atoms with Crippen LogP contribution < -0.4 is 9.47 Å². The van der Waals surface area contributed by atoms with E-state index in [-0.39, 0.29) is 35.6 Å². The Labute approximate surface area is 161 Å². The predicted molar refractivity (Wildman–Crippen MR) is 101 cm³/mol. The highest BCUT2D eigenvalue weighted by atomic mass is 16.6. The Morgan fingerprint density at radius 3 is 2.18 bits per heavy atom. The van der Waals surface area contributed by atoms with Crippen LogP contribution in [0.2, 0.25) is 0 Å². The van der Waals surface area contributed by atoms with Gasteiger partial charge in [0.05, 0.1) is 19.8 Å². The number of benzene rings is 2. The van der Waals surface area contributed by atoms with Crippen LogP contribution >= 0.6 is 0 Å². The third-order valence-electron chi connectivity index (χ3n) is 4.29. The van der Waals surface area contributed by atoms with Crippen LogP contribution in [0.1, 0.15) is 38.8 Å². The molecule has 28 heavy (non-hydrogen) atoms. The van der Waals surface area contributed by atoms with Gasteiger partial charge in [-0.1, -0.05) is 25.1 Å². The molecule has 2 aromatic rings. The predicted octanol–water partition coefficient (Wildman–Crippen LogP) is 3.09. The van der Waals surface area contributed by atoms with Gasteiger partial charge in [0.2, 0.25) is 6.54 Å². The summed E-state index contributed by atoms with van der Waals surface area (Å²) in [6.45, 7) is 1.45. The summed E-state index contributed by atoms with van der Waals surface area (Å²) in [5.41, 5.74) is 0.663. The molecule has 0 radical (unpaired) electrons. The summed E-state index contributed by atoms with van der Waals surface area (Å²) in [5, 5.41) is 20.2. The van der Waals surface area contributed by atoms with Crippen LogP contribution in [0.3, 0.4) is 0 Å². The van der Waals surface area contributed by atoms with Gasteiger partial charge >= 0.3 is 5.97 Å². The van der Waals surface area contributed by atoms with Crippen molar-refractivity contribution in [2.24, 2.45) is 5.92 Å². The van der Waals surface area contributed by atoms with E-state index in [9.17, 15) is 24.8 Å². The number of hydrogen-bond donors (Lipinski definition) is 1. The minimum absolute atomic E-state index is 0.0328. The highest BCUT2D eigenvalue weighted by Gasteiger charge is 2.24. The van der Waals surface area contributed by atoms with Crippen molar-refractivity contribution in [3.8, 4) is 11.5 Å². The lowest BCUT2D eigenvalue weighted by Gasteiger charge is -2.16. The Bertz CT molecular complexity index is 907. The van der Waals surface area contributed by atoms with Gasteiger partial charge in [-0.05, 0) is 30.2 Å². The molecule has 0 fully saturated rings. The first-order valence-electron chi connectivity index (χ1n) is 8.52. The summed E-state index contributed by atoms with van der Waals surface area (Å²) < 4.78 is 10.5. The first kappa shape index (κ1) is 20.9. The normalized spacial score (nSPS) is 11.5. The van der Waals surface area contributed by atoms with Crippen LogP contribution in [0.4, 0.5) is 0 Å². The number of carboxylic acids is 1. The van der Waals surface area contributed by atoms with Crippen molar-refractivity contribution in [1.82, 2.24) is 0 Å². The molecule has 0 heterocycles. The fraction of sp³-hybridized carbons (Fsp3) is 0.300. The Morgan fingerprint density at radius 1 is 1.07 bits per heavy atom. The Hall–Kier alpha value is -3.42. The molecule has 2 rings (SSSR count). The van der Waals surface area contributed by atoms with Crippen LogP contribution in [-0.4, -0.2) is 42.5 Å². The maximum absolute atomic E-state index is 13.2. The number of carboxylic acid groups (broad SMARTS) is 1. The second-order valence-electron chi connectivity index (χ2n) is 6.37.